The van der Waals surface area contributed by atoms with Crippen molar-refractivity contribution in [2.75, 3.05) is 5.73 Å². The van der Waals surface area contributed by atoms with Crippen molar-refractivity contribution in [3.63, 3.8) is 0 Å². The molecule has 0 spiro atoms. The zero-order valence-corrected chi connectivity index (χ0v) is 10.7. The molecule has 9 heteroatoms. The number of nitrogens with zero attached hydrogens (tertiary/aromatic N) is 2. The Labute approximate surface area is 108 Å². The number of aryl methyl sites for hydroxylation is 1. The molecule has 0 radical (unpaired) electrons. The van der Waals surface area contributed by atoms with Gasteiger partial charge in [0.05, 0.1) is 6.54 Å². The quantitative estimate of drug-likeness (QED) is 0.795. The SMILES string of the molecule is Cc1nc(CNS(=O)(=O)c2cc(N)ccc2F)no1. The van der Waals surface area contributed by atoms with E-state index in [1.807, 2.05) is 0 Å². The van der Waals surface area contributed by atoms with E-state index in [0.717, 1.165) is 12.1 Å². The van der Waals surface area contributed by atoms with Crippen LogP contribution in [0.1, 0.15) is 11.7 Å². The molecule has 0 saturated heterocycles. The molecular formula is C10H11FN4O3S. The van der Waals surface area contributed by atoms with Gasteiger partial charge in [-0.2, -0.15) is 4.98 Å². The molecule has 1 aromatic heterocycles. The molecule has 0 fully saturated rings. The van der Waals surface area contributed by atoms with Gasteiger partial charge in [0.2, 0.25) is 15.9 Å². The van der Waals surface area contributed by atoms with Crippen molar-refractivity contribution < 1.29 is 17.3 Å². The van der Waals surface area contributed by atoms with E-state index in [0.29, 0.717) is 5.89 Å². The summed E-state index contributed by atoms with van der Waals surface area (Å²) in [5, 5.41) is 3.52. The maximum atomic E-state index is 13.5. The van der Waals surface area contributed by atoms with E-state index in [1.165, 1.54) is 6.07 Å². The van der Waals surface area contributed by atoms with Crippen LogP contribution in [0.5, 0.6) is 0 Å². The second kappa shape index (κ2) is 4.94. The normalized spacial score (nSPS) is 11.7. The Morgan fingerprint density at radius 2 is 2.21 bits per heavy atom. The molecule has 0 atom stereocenters. The van der Waals surface area contributed by atoms with Crippen molar-refractivity contribution in [2.45, 2.75) is 18.4 Å². The van der Waals surface area contributed by atoms with E-state index in [-0.39, 0.29) is 18.1 Å². The summed E-state index contributed by atoms with van der Waals surface area (Å²) in [4.78, 5) is 3.30. The van der Waals surface area contributed by atoms with Gasteiger partial charge in [-0.15, -0.1) is 0 Å². The van der Waals surface area contributed by atoms with Crippen LogP contribution in [0.4, 0.5) is 10.1 Å². The van der Waals surface area contributed by atoms with Gasteiger partial charge in [-0.25, -0.2) is 17.5 Å². The molecule has 0 saturated carbocycles. The van der Waals surface area contributed by atoms with Crippen LogP contribution in [0.15, 0.2) is 27.6 Å². The Kier molecular flexibility index (Phi) is 3.49. The van der Waals surface area contributed by atoms with Crippen LogP contribution in [0.2, 0.25) is 0 Å². The topological polar surface area (TPSA) is 111 Å². The van der Waals surface area contributed by atoms with Crippen molar-refractivity contribution in [3.8, 4) is 0 Å². The number of nitrogens with two attached hydrogens (primary N) is 1. The van der Waals surface area contributed by atoms with Gasteiger partial charge in [0.25, 0.3) is 0 Å². The van der Waals surface area contributed by atoms with E-state index >= 15 is 0 Å². The smallest absolute Gasteiger partial charge is 0.243 e. The first kappa shape index (κ1) is 13.4. The molecule has 2 aromatic rings. The van der Waals surface area contributed by atoms with Crippen molar-refractivity contribution in [1.29, 1.82) is 0 Å². The van der Waals surface area contributed by atoms with E-state index < -0.39 is 20.7 Å². The molecule has 3 N–H and O–H groups in total. The third-order valence-electron chi connectivity index (χ3n) is 2.23. The number of anilines is 1. The first-order chi connectivity index (χ1) is 8.88. The van der Waals surface area contributed by atoms with Gasteiger partial charge in [-0.05, 0) is 18.2 Å². The number of hydrogen-bond donors (Lipinski definition) is 2. The van der Waals surface area contributed by atoms with E-state index in [1.54, 1.807) is 6.92 Å². The number of aromatic nitrogens is 2. The molecule has 0 amide bonds. The standard InChI is InChI=1S/C10H11FN4O3S/c1-6-14-10(15-18-6)5-13-19(16,17)9-4-7(12)2-3-8(9)11/h2-4,13H,5,12H2,1H3. The average molecular weight is 286 g/mol. The van der Waals surface area contributed by atoms with Gasteiger partial charge in [0, 0.05) is 12.6 Å². The van der Waals surface area contributed by atoms with Crippen molar-refractivity contribution in [3.05, 3.63) is 35.7 Å². The Morgan fingerprint density at radius 1 is 1.47 bits per heavy atom. The van der Waals surface area contributed by atoms with Crippen LogP contribution >= 0.6 is 0 Å². The van der Waals surface area contributed by atoms with Crippen molar-refractivity contribution in [2.24, 2.45) is 0 Å². The minimum atomic E-state index is -4.03. The number of sulfonamides is 1. The third kappa shape index (κ3) is 3.06. The highest BCUT2D eigenvalue weighted by atomic mass is 32.2. The van der Waals surface area contributed by atoms with Crippen molar-refractivity contribution >= 4 is 15.7 Å². The largest absolute Gasteiger partial charge is 0.399 e. The fourth-order valence-electron chi connectivity index (χ4n) is 1.38. The molecule has 0 aliphatic heterocycles. The molecule has 19 heavy (non-hydrogen) atoms. The summed E-state index contributed by atoms with van der Waals surface area (Å²) in [5.74, 6) is -0.416. The molecule has 1 heterocycles. The molecule has 2 rings (SSSR count). The van der Waals surface area contributed by atoms with Crippen LogP contribution < -0.4 is 10.5 Å². The highest BCUT2D eigenvalue weighted by molar-refractivity contribution is 7.89. The molecule has 0 aliphatic carbocycles. The highest BCUT2D eigenvalue weighted by Gasteiger charge is 2.20. The Balaban J connectivity index is 2.20. The van der Waals surface area contributed by atoms with Crippen LogP contribution in [-0.4, -0.2) is 18.6 Å². The fraction of sp³-hybridized carbons (Fsp3) is 0.200. The Hall–Kier alpha value is -2.00. The van der Waals surface area contributed by atoms with Crippen LogP contribution in [-0.2, 0) is 16.6 Å². The summed E-state index contributed by atoms with van der Waals surface area (Å²) in [6.45, 7) is 1.37. The van der Waals surface area contributed by atoms with E-state index in [9.17, 15) is 12.8 Å². The molecule has 0 aliphatic rings. The summed E-state index contributed by atoms with van der Waals surface area (Å²) < 4.78 is 44.1. The summed E-state index contributed by atoms with van der Waals surface area (Å²) in [6, 6.07) is 3.30. The average Bonchev–Trinajstić information content (AvgIpc) is 2.76. The van der Waals surface area contributed by atoms with Gasteiger partial charge in [-0.1, -0.05) is 5.16 Å². The maximum absolute atomic E-state index is 13.5. The molecule has 102 valence electrons. The van der Waals surface area contributed by atoms with Crippen LogP contribution in [0.25, 0.3) is 0 Å². The fourth-order valence-corrected chi connectivity index (χ4v) is 2.47. The van der Waals surface area contributed by atoms with Gasteiger partial charge < -0.3 is 10.3 Å². The minimum Gasteiger partial charge on any atom is -0.399 e. The van der Waals surface area contributed by atoms with Gasteiger partial charge in [0.15, 0.2) is 5.82 Å². The zero-order valence-electron chi connectivity index (χ0n) is 9.92. The summed E-state index contributed by atoms with van der Waals surface area (Å²) in [5.41, 5.74) is 5.59. The number of halogens is 1. The zero-order chi connectivity index (χ0) is 14.0. The first-order valence-corrected chi connectivity index (χ1v) is 6.71. The second-order valence-electron chi connectivity index (χ2n) is 3.74. The van der Waals surface area contributed by atoms with Gasteiger partial charge >= 0.3 is 0 Å². The Bertz CT molecular complexity index is 699. The lowest BCUT2D eigenvalue weighted by Gasteiger charge is -2.06. The van der Waals surface area contributed by atoms with E-state index in [4.69, 9.17) is 5.73 Å². The third-order valence-corrected chi connectivity index (χ3v) is 3.65. The summed E-state index contributed by atoms with van der Waals surface area (Å²) in [7, 11) is -4.03. The van der Waals surface area contributed by atoms with Gasteiger partial charge in [-0.3, -0.25) is 0 Å². The monoisotopic (exact) mass is 286 g/mol. The second-order valence-corrected chi connectivity index (χ2v) is 5.48. The lowest BCUT2D eigenvalue weighted by Crippen LogP contribution is -2.24. The summed E-state index contributed by atoms with van der Waals surface area (Å²) in [6.07, 6.45) is 0. The molecule has 7 nitrogen and oxygen atoms in total. The molecular weight excluding hydrogens is 275 g/mol. The minimum absolute atomic E-state index is 0.150. The predicted octanol–water partition coefficient (Wildman–Crippen LogP) is 0.578. The molecule has 0 unspecified atom stereocenters. The van der Waals surface area contributed by atoms with Crippen LogP contribution in [0.3, 0.4) is 0 Å². The maximum Gasteiger partial charge on any atom is 0.243 e. The van der Waals surface area contributed by atoms with E-state index in [2.05, 4.69) is 19.4 Å². The summed E-state index contributed by atoms with van der Waals surface area (Å²) >= 11 is 0. The lowest BCUT2D eigenvalue weighted by molar-refractivity contribution is 0.387. The van der Waals surface area contributed by atoms with Crippen LogP contribution in [0, 0.1) is 12.7 Å². The number of nitrogens with one attached hydrogen (secondary N) is 1. The Morgan fingerprint density at radius 3 is 2.84 bits per heavy atom. The number of nitrogen functional groups attached to an aromatic ring is 1. The first-order valence-electron chi connectivity index (χ1n) is 5.22. The predicted molar refractivity (Wildman–Crippen MR) is 63.9 cm³/mol. The van der Waals surface area contributed by atoms with Crippen molar-refractivity contribution in [1.82, 2.24) is 14.9 Å². The highest BCUT2D eigenvalue weighted by Crippen LogP contribution is 2.17. The molecule has 0 bridgehead atoms. The lowest BCUT2D eigenvalue weighted by atomic mass is 10.3. The van der Waals surface area contributed by atoms with Gasteiger partial charge in [0.1, 0.15) is 10.7 Å². The number of benzene rings is 1. The number of rotatable bonds is 4. The molecule has 1 aromatic carbocycles. The number of hydrogen-bond acceptors (Lipinski definition) is 6.